The van der Waals surface area contributed by atoms with Gasteiger partial charge < -0.3 is 4.42 Å². The fourth-order valence-corrected chi connectivity index (χ4v) is 1.57. The van der Waals surface area contributed by atoms with Gasteiger partial charge in [0.1, 0.15) is 17.1 Å². The molecular weight excluding hydrogens is 246 g/mol. The Labute approximate surface area is 106 Å². The van der Waals surface area contributed by atoms with E-state index in [2.05, 4.69) is 20.3 Å². The molecule has 2 aromatic heterocycles. The van der Waals surface area contributed by atoms with Gasteiger partial charge in [0, 0.05) is 0 Å². The minimum absolute atomic E-state index is 0.0527. The van der Waals surface area contributed by atoms with Crippen molar-refractivity contribution in [2.24, 2.45) is 0 Å². The topological polar surface area (TPSA) is 108 Å². The van der Waals surface area contributed by atoms with Gasteiger partial charge in [0.2, 0.25) is 5.95 Å². The van der Waals surface area contributed by atoms with Gasteiger partial charge in [-0.15, -0.1) is 0 Å². The van der Waals surface area contributed by atoms with Crippen LogP contribution < -0.4 is 10.9 Å². The van der Waals surface area contributed by atoms with E-state index in [9.17, 15) is 4.79 Å². The maximum atomic E-state index is 11.4. The second kappa shape index (κ2) is 4.27. The standard InChI is InChI=1S/C12H7N5O2/c13-5-7-6-14-11(16-10(7)18)17-12-15-8-3-1-2-4-9(8)19-12/h1-4,6H,(H2,14,15,16,17,18). The maximum absolute atomic E-state index is 11.4. The van der Waals surface area contributed by atoms with Crippen LogP contribution in [0.25, 0.3) is 11.1 Å². The zero-order valence-corrected chi connectivity index (χ0v) is 9.54. The van der Waals surface area contributed by atoms with Crippen molar-refractivity contribution in [3.8, 4) is 6.07 Å². The van der Waals surface area contributed by atoms with Crippen molar-refractivity contribution in [2.75, 3.05) is 5.32 Å². The zero-order chi connectivity index (χ0) is 13.2. The molecule has 0 unspecified atom stereocenters. The summed E-state index contributed by atoms with van der Waals surface area (Å²) < 4.78 is 5.42. The van der Waals surface area contributed by atoms with Gasteiger partial charge in [0.05, 0.1) is 6.20 Å². The summed E-state index contributed by atoms with van der Waals surface area (Å²) in [5, 5.41) is 11.4. The molecule has 0 atom stereocenters. The molecule has 1 aromatic carbocycles. The summed E-state index contributed by atoms with van der Waals surface area (Å²) >= 11 is 0. The molecule has 0 aliphatic rings. The third-order valence-electron chi connectivity index (χ3n) is 2.44. The molecule has 0 radical (unpaired) electrons. The largest absolute Gasteiger partial charge is 0.423 e. The lowest BCUT2D eigenvalue weighted by Crippen LogP contribution is -2.13. The average molecular weight is 253 g/mol. The van der Waals surface area contributed by atoms with Crippen LogP contribution in [0.2, 0.25) is 0 Å². The number of hydrogen-bond acceptors (Lipinski definition) is 6. The molecule has 0 saturated carbocycles. The number of hydrogen-bond donors (Lipinski definition) is 2. The van der Waals surface area contributed by atoms with Gasteiger partial charge in [0.15, 0.2) is 5.58 Å². The third kappa shape index (κ3) is 2.02. The van der Waals surface area contributed by atoms with Crippen molar-refractivity contribution in [2.45, 2.75) is 0 Å². The molecule has 7 nitrogen and oxygen atoms in total. The second-order valence-electron chi connectivity index (χ2n) is 3.70. The first-order chi connectivity index (χ1) is 9.26. The van der Waals surface area contributed by atoms with E-state index in [-0.39, 0.29) is 17.5 Å². The fourth-order valence-electron chi connectivity index (χ4n) is 1.57. The molecule has 7 heteroatoms. The van der Waals surface area contributed by atoms with E-state index >= 15 is 0 Å². The van der Waals surface area contributed by atoms with Crippen LogP contribution in [0.5, 0.6) is 0 Å². The first-order valence-corrected chi connectivity index (χ1v) is 5.38. The van der Waals surface area contributed by atoms with Crippen LogP contribution in [-0.4, -0.2) is 15.0 Å². The summed E-state index contributed by atoms with van der Waals surface area (Å²) in [4.78, 5) is 21.9. The normalized spacial score (nSPS) is 10.3. The quantitative estimate of drug-likeness (QED) is 0.717. The first kappa shape index (κ1) is 11.0. The highest BCUT2D eigenvalue weighted by molar-refractivity contribution is 5.74. The Morgan fingerprint density at radius 3 is 2.95 bits per heavy atom. The third-order valence-corrected chi connectivity index (χ3v) is 2.44. The second-order valence-corrected chi connectivity index (χ2v) is 3.70. The number of nitriles is 1. The number of fused-ring (bicyclic) bond motifs is 1. The number of rotatable bonds is 2. The van der Waals surface area contributed by atoms with E-state index in [0.717, 1.165) is 0 Å². The zero-order valence-electron chi connectivity index (χ0n) is 9.54. The maximum Gasteiger partial charge on any atom is 0.302 e. The number of benzene rings is 1. The molecule has 0 aliphatic heterocycles. The number of oxazole rings is 1. The molecule has 0 fully saturated rings. The van der Waals surface area contributed by atoms with Crippen LogP contribution in [0.4, 0.5) is 12.0 Å². The van der Waals surface area contributed by atoms with Crippen molar-refractivity contribution in [3.63, 3.8) is 0 Å². The Morgan fingerprint density at radius 1 is 1.37 bits per heavy atom. The Morgan fingerprint density at radius 2 is 2.21 bits per heavy atom. The van der Waals surface area contributed by atoms with E-state index in [1.54, 1.807) is 18.2 Å². The van der Waals surface area contributed by atoms with E-state index < -0.39 is 5.56 Å². The minimum Gasteiger partial charge on any atom is -0.423 e. The average Bonchev–Trinajstić information content (AvgIpc) is 2.81. The first-order valence-electron chi connectivity index (χ1n) is 5.38. The van der Waals surface area contributed by atoms with E-state index in [4.69, 9.17) is 9.68 Å². The van der Waals surface area contributed by atoms with Gasteiger partial charge in [-0.25, -0.2) is 4.98 Å². The minimum atomic E-state index is -0.517. The molecule has 19 heavy (non-hydrogen) atoms. The number of H-pyrrole nitrogens is 1. The molecule has 0 spiro atoms. The summed E-state index contributed by atoms with van der Waals surface area (Å²) in [6.07, 6.45) is 1.18. The van der Waals surface area contributed by atoms with Gasteiger partial charge in [-0.1, -0.05) is 12.1 Å². The monoisotopic (exact) mass is 253 g/mol. The highest BCUT2D eigenvalue weighted by Gasteiger charge is 2.07. The van der Waals surface area contributed by atoms with Crippen LogP contribution in [0, 0.1) is 11.3 Å². The van der Waals surface area contributed by atoms with Gasteiger partial charge in [-0.05, 0) is 12.1 Å². The van der Waals surface area contributed by atoms with Crippen LogP contribution >= 0.6 is 0 Å². The van der Waals surface area contributed by atoms with Crippen molar-refractivity contribution in [3.05, 3.63) is 46.4 Å². The van der Waals surface area contributed by atoms with E-state index in [1.807, 2.05) is 12.1 Å². The Bertz CT molecular complexity index is 810. The Kier molecular flexibility index (Phi) is 2.47. The van der Waals surface area contributed by atoms with E-state index in [0.29, 0.717) is 11.1 Å². The molecule has 0 amide bonds. The highest BCUT2D eigenvalue weighted by Crippen LogP contribution is 2.19. The van der Waals surface area contributed by atoms with Gasteiger partial charge in [-0.2, -0.15) is 10.2 Å². The molecule has 2 N–H and O–H groups in total. The molecular formula is C12H7N5O2. The van der Waals surface area contributed by atoms with Crippen molar-refractivity contribution in [1.82, 2.24) is 15.0 Å². The van der Waals surface area contributed by atoms with Crippen LogP contribution in [0.1, 0.15) is 5.56 Å². The lowest BCUT2D eigenvalue weighted by molar-refractivity contribution is 0.621. The van der Waals surface area contributed by atoms with E-state index in [1.165, 1.54) is 6.20 Å². The lowest BCUT2D eigenvalue weighted by Gasteiger charge is -1.98. The van der Waals surface area contributed by atoms with Gasteiger partial charge in [-0.3, -0.25) is 15.1 Å². The van der Waals surface area contributed by atoms with Crippen molar-refractivity contribution < 1.29 is 4.42 Å². The molecule has 3 rings (SSSR count). The summed E-state index contributed by atoms with van der Waals surface area (Å²) in [6, 6.07) is 9.21. The predicted molar refractivity (Wildman–Crippen MR) is 66.9 cm³/mol. The molecule has 92 valence electrons. The molecule has 2 heterocycles. The Balaban J connectivity index is 1.95. The number of nitrogens with zero attached hydrogens (tertiary/aromatic N) is 3. The van der Waals surface area contributed by atoms with Crippen LogP contribution in [0.3, 0.4) is 0 Å². The number of aromatic amines is 1. The number of anilines is 2. The summed E-state index contributed by atoms with van der Waals surface area (Å²) in [7, 11) is 0. The van der Waals surface area contributed by atoms with Crippen LogP contribution in [-0.2, 0) is 0 Å². The number of para-hydroxylation sites is 2. The molecule has 0 saturated heterocycles. The lowest BCUT2D eigenvalue weighted by atomic mass is 10.3. The van der Waals surface area contributed by atoms with Crippen molar-refractivity contribution >= 4 is 23.1 Å². The van der Waals surface area contributed by atoms with Gasteiger partial charge in [0.25, 0.3) is 5.56 Å². The summed E-state index contributed by atoms with van der Waals surface area (Å²) in [5.41, 5.74) is 0.751. The number of aromatic nitrogens is 3. The molecule has 3 aromatic rings. The smallest absolute Gasteiger partial charge is 0.302 e. The molecule has 0 aliphatic carbocycles. The number of nitrogens with one attached hydrogen (secondary N) is 2. The highest BCUT2D eigenvalue weighted by atomic mass is 16.4. The fraction of sp³-hybridized carbons (Fsp3) is 0. The van der Waals surface area contributed by atoms with Gasteiger partial charge >= 0.3 is 6.01 Å². The summed E-state index contributed by atoms with van der Waals surface area (Å²) in [5.74, 6) is 0.163. The Hall–Kier alpha value is -3.14. The van der Waals surface area contributed by atoms with Crippen LogP contribution in [0.15, 0.2) is 39.7 Å². The SMILES string of the molecule is N#Cc1cnc(Nc2nc3ccccc3o2)[nH]c1=O. The predicted octanol–water partition coefficient (Wildman–Crippen LogP) is 1.53. The van der Waals surface area contributed by atoms with Crippen molar-refractivity contribution in [1.29, 1.82) is 5.26 Å². The summed E-state index contributed by atoms with van der Waals surface area (Å²) in [6.45, 7) is 0. The molecule has 0 bridgehead atoms.